The molecular formula is C31H44F3N3O5S. The largest absolute Gasteiger partial charge is 0.573 e. The van der Waals surface area contributed by atoms with Crippen molar-refractivity contribution in [3.05, 3.63) is 47.9 Å². The van der Waals surface area contributed by atoms with Gasteiger partial charge in [0.15, 0.2) is 0 Å². The number of sulfonamides is 1. The average Bonchev–Trinajstić information content (AvgIpc) is 3.17. The van der Waals surface area contributed by atoms with Gasteiger partial charge in [0.2, 0.25) is 10.0 Å². The Bertz CT molecular complexity index is 1430. The Morgan fingerprint density at radius 3 is 2.28 bits per heavy atom. The van der Waals surface area contributed by atoms with Gasteiger partial charge in [-0.25, -0.2) is 13.1 Å². The number of benzene rings is 1. The lowest BCUT2D eigenvalue weighted by Gasteiger charge is -2.25. The van der Waals surface area contributed by atoms with E-state index in [4.69, 9.17) is 0 Å². The predicted molar refractivity (Wildman–Crippen MR) is 160 cm³/mol. The molecule has 0 saturated heterocycles. The molecule has 1 aromatic heterocycles. The van der Waals surface area contributed by atoms with Crippen LogP contribution >= 0.6 is 0 Å². The summed E-state index contributed by atoms with van der Waals surface area (Å²) in [5.74, 6) is -0.880. The number of amides is 1. The topological polar surface area (TPSA) is 110 Å². The first kappa shape index (κ1) is 34.5. The highest BCUT2D eigenvalue weighted by Gasteiger charge is 2.35. The van der Waals surface area contributed by atoms with Crippen LogP contribution in [-0.4, -0.2) is 42.4 Å². The molecule has 3 N–H and O–H groups in total. The van der Waals surface area contributed by atoms with E-state index < -0.39 is 38.0 Å². The molecule has 1 aromatic carbocycles. The number of nitrogens with zero attached hydrogens (tertiary/aromatic N) is 1. The first-order valence-electron chi connectivity index (χ1n) is 14.5. The molecule has 0 atom stereocenters. The summed E-state index contributed by atoms with van der Waals surface area (Å²) in [6.07, 6.45) is 0.609. The molecule has 3 rings (SSSR count). The lowest BCUT2D eigenvalue weighted by atomic mass is 9.87. The van der Waals surface area contributed by atoms with E-state index in [2.05, 4.69) is 21.4 Å². The highest BCUT2D eigenvalue weighted by Crippen LogP contribution is 2.37. The van der Waals surface area contributed by atoms with Gasteiger partial charge >= 0.3 is 6.36 Å². The second-order valence-electron chi connectivity index (χ2n) is 13.0. The van der Waals surface area contributed by atoms with Crippen LogP contribution in [-0.2, 0) is 16.6 Å². The normalized spacial score (nSPS) is 15.4. The van der Waals surface area contributed by atoms with Gasteiger partial charge in [0, 0.05) is 41.0 Å². The zero-order valence-corrected chi connectivity index (χ0v) is 26.6. The van der Waals surface area contributed by atoms with Crippen LogP contribution in [0.4, 0.5) is 13.2 Å². The number of carbonyl (C=O) groups excluding carboxylic acids is 1. The van der Waals surface area contributed by atoms with Gasteiger partial charge in [-0.3, -0.25) is 4.79 Å². The Balaban J connectivity index is 2.08. The molecule has 1 heterocycles. The third kappa shape index (κ3) is 9.25. The summed E-state index contributed by atoms with van der Waals surface area (Å²) in [5, 5.41) is 12.7. The van der Waals surface area contributed by atoms with Gasteiger partial charge in [-0.1, -0.05) is 45.8 Å². The highest BCUT2D eigenvalue weighted by molar-refractivity contribution is 7.89. The fourth-order valence-corrected chi connectivity index (χ4v) is 6.79. The summed E-state index contributed by atoms with van der Waals surface area (Å²) in [7, 11) is -4.37. The lowest BCUT2D eigenvalue weighted by molar-refractivity contribution is -0.275. The number of ether oxygens (including phenoxy) is 1. The van der Waals surface area contributed by atoms with Crippen molar-refractivity contribution in [1.29, 1.82) is 0 Å². The Morgan fingerprint density at radius 2 is 1.72 bits per heavy atom. The van der Waals surface area contributed by atoms with Crippen LogP contribution in [0.15, 0.2) is 41.5 Å². The van der Waals surface area contributed by atoms with Crippen molar-refractivity contribution in [3.8, 4) is 17.0 Å². The van der Waals surface area contributed by atoms with Gasteiger partial charge in [0.05, 0.1) is 11.3 Å². The zero-order valence-electron chi connectivity index (χ0n) is 25.8. The number of alkyl halides is 3. The van der Waals surface area contributed by atoms with Crippen molar-refractivity contribution in [2.24, 2.45) is 11.3 Å². The summed E-state index contributed by atoms with van der Waals surface area (Å²) >= 11 is 0. The maximum Gasteiger partial charge on any atom is 0.573 e. The van der Waals surface area contributed by atoms with E-state index in [1.807, 2.05) is 18.4 Å². The minimum atomic E-state index is -5.14. The Labute approximate surface area is 252 Å². The summed E-state index contributed by atoms with van der Waals surface area (Å²) in [5.41, 5.74) is 0.228. The molecule has 0 unspecified atom stereocenters. The molecule has 1 aliphatic rings. The average molecular weight is 628 g/mol. The van der Waals surface area contributed by atoms with Gasteiger partial charge < -0.3 is 19.7 Å². The van der Waals surface area contributed by atoms with Gasteiger partial charge in [0.1, 0.15) is 10.6 Å². The van der Waals surface area contributed by atoms with Crippen molar-refractivity contribution in [2.45, 2.75) is 103 Å². The zero-order chi connectivity index (χ0) is 32.4. The van der Waals surface area contributed by atoms with Crippen LogP contribution in [0.2, 0.25) is 0 Å². The number of aliphatic hydroxyl groups excluding tert-OH is 1. The maximum atomic E-state index is 13.5. The van der Waals surface area contributed by atoms with Crippen molar-refractivity contribution >= 4 is 15.9 Å². The van der Waals surface area contributed by atoms with Crippen LogP contribution < -0.4 is 14.8 Å². The van der Waals surface area contributed by atoms with Crippen LogP contribution in [0, 0.1) is 18.3 Å². The van der Waals surface area contributed by atoms with E-state index in [9.17, 15) is 31.5 Å². The standard InChI is InChI=1S/C31H44F3N3O5S/c1-20-24(28(39)35-16-15-30(6,7)21(2)38)18-25(37(20)19-22-11-9-8-10-12-22)23-13-14-27(26(17-23)42-31(32,33)34)43(40,41)36-29(3,4)5/h13-14,17-18,22,36,38H,2,8-12,15-16,19H2,1,3-7H3,(H,35,39). The number of hydrogen-bond donors (Lipinski definition) is 3. The maximum absolute atomic E-state index is 13.5. The van der Waals surface area contributed by atoms with E-state index in [1.165, 1.54) is 6.07 Å². The molecule has 43 heavy (non-hydrogen) atoms. The summed E-state index contributed by atoms with van der Waals surface area (Å²) in [4.78, 5) is 12.7. The van der Waals surface area contributed by atoms with E-state index in [-0.39, 0.29) is 23.8 Å². The van der Waals surface area contributed by atoms with Crippen molar-refractivity contribution in [2.75, 3.05) is 6.54 Å². The molecule has 8 nitrogen and oxygen atoms in total. The fourth-order valence-electron chi connectivity index (χ4n) is 5.26. The molecule has 240 valence electrons. The van der Waals surface area contributed by atoms with Gasteiger partial charge in [0.25, 0.3) is 5.91 Å². The van der Waals surface area contributed by atoms with E-state index in [0.717, 1.165) is 44.2 Å². The smallest absolute Gasteiger partial charge is 0.512 e. The highest BCUT2D eigenvalue weighted by atomic mass is 32.2. The molecule has 1 fully saturated rings. The second-order valence-corrected chi connectivity index (χ2v) is 14.7. The van der Waals surface area contributed by atoms with Gasteiger partial charge in [-0.15, -0.1) is 13.2 Å². The molecule has 0 aliphatic heterocycles. The number of allylic oxidation sites excluding steroid dienone is 1. The third-order valence-corrected chi connectivity index (χ3v) is 9.59. The number of carbonyl (C=O) groups is 1. The number of nitrogens with one attached hydrogen (secondary N) is 2. The minimum Gasteiger partial charge on any atom is -0.512 e. The minimum absolute atomic E-state index is 0.0129. The number of halogens is 3. The molecule has 0 spiro atoms. The Morgan fingerprint density at radius 1 is 1.09 bits per heavy atom. The van der Waals surface area contributed by atoms with Crippen LogP contribution in [0.25, 0.3) is 11.3 Å². The summed E-state index contributed by atoms with van der Waals surface area (Å²) in [6, 6.07) is 5.22. The summed E-state index contributed by atoms with van der Waals surface area (Å²) in [6.45, 7) is 14.6. The monoisotopic (exact) mass is 627 g/mol. The molecule has 1 saturated carbocycles. The van der Waals surface area contributed by atoms with Crippen molar-refractivity contribution in [1.82, 2.24) is 14.6 Å². The number of aliphatic hydroxyl groups is 1. The summed E-state index contributed by atoms with van der Waals surface area (Å²) < 4.78 is 75.1. The van der Waals surface area contributed by atoms with Gasteiger partial charge in [-0.2, -0.15) is 0 Å². The van der Waals surface area contributed by atoms with E-state index in [1.54, 1.807) is 33.8 Å². The molecule has 0 radical (unpaired) electrons. The Kier molecular flexibility index (Phi) is 10.4. The third-order valence-electron chi connectivity index (χ3n) is 7.79. The van der Waals surface area contributed by atoms with Crippen LogP contribution in [0.5, 0.6) is 5.75 Å². The molecular weight excluding hydrogens is 583 g/mol. The first-order chi connectivity index (χ1) is 19.7. The molecule has 2 aromatic rings. The SMILES string of the molecule is C=C(O)C(C)(C)CCNC(=O)c1cc(-c2ccc(S(=O)(=O)NC(C)(C)C)c(OC(F)(F)F)c2)n(CC2CCCCC2)c1C. The van der Waals surface area contributed by atoms with E-state index in [0.29, 0.717) is 35.8 Å². The molecule has 1 aliphatic carbocycles. The van der Waals surface area contributed by atoms with Crippen LogP contribution in [0.1, 0.15) is 89.2 Å². The predicted octanol–water partition coefficient (Wildman–Crippen LogP) is 7.24. The quantitative estimate of drug-likeness (QED) is 0.228. The van der Waals surface area contributed by atoms with Gasteiger partial charge in [-0.05, 0) is 71.1 Å². The Hall–Kier alpha value is -2.99. The number of aromatic nitrogens is 1. The number of rotatable bonds is 11. The molecule has 12 heteroatoms. The van der Waals surface area contributed by atoms with E-state index >= 15 is 0 Å². The lowest BCUT2D eigenvalue weighted by Crippen LogP contribution is -2.40. The first-order valence-corrected chi connectivity index (χ1v) is 16.0. The second kappa shape index (κ2) is 12.9. The van der Waals surface area contributed by atoms with Crippen molar-refractivity contribution in [3.63, 3.8) is 0 Å². The fraction of sp³-hybridized carbons (Fsp3) is 0.581. The molecule has 0 bridgehead atoms. The van der Waals surface area contributed by atoms with Crippen LogP contribution in [0.3, 0.4) is 0 Å². The molecule has 1 amide bonds. The van der Waals surface area contributed by atoms with Crippen molar-refractivity contribution < 1.29 is 36.2 Å². The number of hydrogen-bond acceptors (Lipinski definition) is 5.